The number of nitrogens with one attached hydrogen (secondary N) is 1. The average Bonchev–Trinajstić information content (AvgIpc) is 3.29. The minimum atomic E-state index is -1.49. The van der Waals surface area contributed by atoms with E-state index in [0.717, 1.165) is 39.7 Å². The van der Waals surface area contributed by atoms with Crippen molar-refractivity contribution in [2.24, 2.45) is 5.73 Å². The molecular formula is C54H58N2O7. The molecule has 0 saturated heterocycles. The fourth-order valence-corrected chi connectivity index (χ4v) is 6.34. The molecule has 63 heavy (non-hydrogen) atoms. The van der Waals surface area contributed by atoms with Crippen molar-refractivity contribution in [3.05, 3.63) is 189 Å². The van der Waals surface area contributed by atoms with Gasteiger partial charge in [-0.05, 0) is 120 Å². The third-order valence-electron chi connectivity index (χ3n) is 10.9. The Morgan fingerprint density at radius 2 is 1.03 bits per heavy atom. The summed E-state index contributed by atoms with van der Waals surface area (Å²) >= 11 is 0. The Morgan fingerprint density at radius 3 is 1.44 bits per heavy atom. The number of aliphatic carboxylic acids is 2. The van der Waals surface area contributed by atoms with Crippen LogP contribution < -0.4 is 11.1 Å². The number of carboxylic acid groups (broad SMARTS) is 2. The number of carboxylic acids is 2. The molecule has 0 aromatic heterocycles. The summed E-state index contributed by atoms with van der Waals surface area (Å²) in [4.78, 5) is 32.3. The number of carbonyl (C=O) groups is 3. The van der Waals surface area contributed by atoms with E-state index in [4.69, 9.17) is 15.9 Å². The van der Waals surface area contributed by atoms with Gasteiger partial charge >= 0.3 is 11.9 Å². The number of aliphatic hydroxyl groups is 2. The van der Waals surface area contributed by atoms with Crippen LogP contribution in [0.1, 0.15) is 74.3 Å². The van der Waals surface area contributed by atoms with E-state index in [9.17, 15) is 24.6 Å². The van der Waals surface area contributed by atoms with Crippen LogP contribution in [0.2, 0.25) is 0 Å². The minimum Gasteiger partial charge on any atom is -0.480 e. The van der Waals surface area contributed by atoms with E-state index in [1.54, 1.807) is 0 Å². The van der Waals surface area contributed by atoms with Crippen molar-refractivity contribution < 1.29 is 34.8 Å². The molecule has 0 saturated carbocycles. The van der Waals surface area contributed by atoms with Crippen LogP contribution in [0.15, 0.2) is 133 Å². The number of aliphatic hydroxyl groups excluding tert-OH is 2. The van der Waals surface area contributed by atoms with Gasteiger partial charge in [-0.2, -0.15) is 0 Å². The summed E-state index contributed by atoms with van der Waals surface area (Å²) in [6, 6.07) is 45.3. The molecule has 326 valence electrons. The molecule has 6 rings (SSSR count). The minimum absolute atomic E-state index is 0.354. The van der Waals surface area contributed by atoms with Crippen molar-refractivity contribution in [3.8, 4) is 22.3 Å². The highest BCUT2D eigenvalue weighted by Gasteiger charge is 2.31. The van der Waals surface area contributed by atoms with E-state index in [0.29, 0.717) is 12.1 Å². The zero-order valence-electron chi connectivity index (χ0n) is 36.8. The van der Waals surface area contributed by atoms with Crippen LogP contribution in [0.5, 0.6) is 0 Å². The molecule has 0 heterocycles. The molecule has 0 spiro atoms. The molecule has 2 atom stereocenters. The Balaban J connectivity index is 0.000000241. The van der Waals surface area contributed by atoms with Gasteiger partial charge < -0.3 is 26.2 Å². The largest absolute Gasteiger partial charge is 0.480 e. The number of nitrogens with two attached hydrogens (primary N) is 1. The molecule has 0 aliphatic heterocycles. The van der Waals surface area contributed by atoms with Gasteiger partial charge in [0.2, 0.25) is 0 Å². The zero-order valence-corrected chi connectivity index (χ0v) is 36.8. The molecule has 6 aromatic rings. The van der Waals surface area contributed by atoms with Gasteiger partial charge in [-0.15, -0.1) is 0 Å². The Morgan fingerprint density at radius 1 is 0.571 bits per heavy atom. The first-order valence-electron chi connectivity index (χ1n) is 20.6. The summed E-state index contributed by atoms with van der Waals surface area (Å²) in [7, 11) is 0. The Labute approximate surface area is 370 Å². The number of hydrogen-bond acceptors (Lipinski definition) is 7. The van der Waals surface area contributed by atoms with Gasteiger partial charge in [0.25, 0.3) is 0 Å². The lowest BCUT2D eigenvalue weighted by atomic mass is 9.95. The van der Waals surface area contributed by atoms with Crippen LogP contribution in [0.25, 0.3) is 46.6 Å². The second-order valence-electron chi connectivity index (χ2n) is 15.9. The second-order valence-corrected chi connectivity index (χ2v) is 15.9. The van der Waals surface area contributed by atoms with E-state index in [1.165, 1.54) is 52.8 Å². The highest BCUT2D eigenvalue weighted by molar-refractivity contribution is 5.82. The van der Waals surface area contributed by atoms with Gasteiger partial charge in [0.15, 0.2) is 0 Å². The number of rotatable bonds is 14. The first kappa shape index (κ1) is 48.9. The maximum absolute atomic E-state index is 11.4. The first-order chi connectivity index (χ1) is 30.0. The predicted molar refractivity (Wildman–Crippen MR) is 256 cm³/mol. The second kappa shape index (κ2) is 22.9. The van der Waals surface area contributed by atoms with Crippen LogP contribution in [0.3, 0.4) is 0 Å². The molecule has 7 N–H and O–H groups in total. The number of aryl methyl sites for hydroxylation is 2. The van der Waals surface area contributed by atoms with Crippen LogP contribution in [0, 0.1) is 27.7 Å². The van der Waals surface area contributed by atoms with Gasteiger partial charge in [0.1, 0.15) is 17.4 Å². The van der Waals surface area contributed by atoms with E-state index < -0.39 is 36.2 Å². The molecule has 0 radical (unpaired) electrons. The fourth-order valence-electron chi connectivity index (χ4n) is 6.34. The highest BCUT2D eigenvalue weighted by atomic mass is 16.4. The van der Waals surface area contributed by atoms with Crippen molar-refractivity contribution in [2.45, 2.75) is 59.2 Å². The normalized spacial score (nSPS) is 12.9. The number of benzene rings is 6. The Bertz CT molecular complexity index is 2550. The molecule has 9 nitrogen and oxygen atoms in total. The molecule has 0 aliphatic rings. The van der Waals surface area contributed by atoms with Gasteiger partial charge in [0.05, 0.1) is 13.2 Å². The van der Waals surface area contributed by atoms with Crippen molar-refractivity contribution in [1.82, 2.24) is 5.32 Å². The number of hydrogen-bond donors (Lipinski definition) is 6. The molecule has 0 unspecified atom stereocenters. The van der Waals surface area contributed by atoms with E-state index in [2.05, 4.69) is 136 Å². The van der Waals surface area contributed by atoms with E-state index >= 15 is 0 Å². The van der Waals surface area contributed by atoms with Crippen molar-refractivity contribution in [2.75, 3.05) is 13.2 Å². The van der Waals surface area contributed by atoms with E-state index in [-0.39, 0.29) is 0 Å². The predicted octanol–water partition coefficient (Wildman–Crippen LogP) is 9.80. The topological polar surface area (TPSA) is 170 Å². The van der Waals surface area contributed by atoms with Crippen molar-refractivity contribution in [1.29, 1.82) is 0 Å². The number of aldehydes is 1. The van der Waals surface area contributed by atoms with Crippen LogP contribution in [-0.4, -0.2) is 62.9 Å². The smallest absolute Gasteiger partial charge is 0.326 e. The zero-order chi connectivity index (χ0) is 46.2. The molecule has 0 bridgehead atoms. The number of carbonyl (C=O) groups excluding carboxylic acids is 1. The quantitative estimate of drug-likeness (QED) is 0.0462. The SMILES string of the molecule is C[C@](N)(CO)C(=O)O.Cc1ccc(C=O)cc1/C=C/c1cccc(-c2ccccc2)c1C.Cc1ccc(CN[C@@](C)(CO)C(=O)O)cc1/C=C/c1cccc(-c2ccccc2)c1C. The summed E-state index contributed by atoms with van der Waals surface area (Å²) < 4.78 is 0. The molecule has 0 aliphatic carbocycles. The standard InChI is InChI=1S/C27H29NO3.C23H20O.C4H9NO3/c1-19-12-13-21(17-28-27(3,18-29)26(30)31)16-24(19)15-14-22-10-7-11-25(20(22)2)23-8-5-4-6-9-23;1-17-11-12-19(16-24)15-22(17)14-13-20-9-6-10-23(18(20)2)21-7-4-3-5-8-21;1-4(5,2-6)3(7)8/h4-16,28-29H,17-18H2,1-3H3,(H,30,31);3-16H,1-2H3;6H,2,5H2,1H3,(H,7,8)/b15-14+;14-13+;/t27-;;4-/m0.0/s1. The van der Waals surface area contributed by atoms with Crippen LogP contribution in [0.4, 0.5) is 0 Å². The third kappa shape index (κ3) is 13.6. The molecule has 9 heteroatoms. The molecular weight excluding hydrogens is 789 g/mol. The van der Waals surface area contributed by atoms with Crippen LogP contribution >= 0.6 is 0 Å². The lowest BCUT2D eigenvalue weighted by Gasteiger charge is -2.24. The Hall–Kier alpha value is -6.75. The lowest BCUT2D eigenvalue weighted by molar-refractivity contribution is -0.146. The van der Waals surface area contributed by atoms with Crippen molar-refractivity contribution >= 4 is 42.5 Å². The van der Waals surface area contributed by atoms with Crippen LogP contribution in [-0.2, 0) is 16.1 Å². The molecule has 0 amide bonds. The maximum Gasteiger partial charge on any atom is 0.326 e. The lowest BCUT2D eigenvalue weighted by Crippen LogP contribution is -2.52. The Kier molecular flexibility index (Phi) is 17.8. The van der Waals surface area contributed by atoms with Gasteiger partial charge in [-0.25, -0.2) is 0 Å². The summed E-state index contributed by atoms with van der Waals surface area (Å²) in [5, 5.41) is 38.1. The molecule has 6 aromatic carbocycles. The molecule has 0 fully saturated rings. The van der Waals surface area contributed by atoms with E-state index in [1.807, 2.05) is 54.6 Å². The van der Waals surface area contributed by atoms with Gasteiger partial charge in [-0.1, -0.05) is 152 Å². The summed E-state index contributed by atoms with van der Waals surface area (Å²) in [6.07, 6.45) is 9.31. The summed E-state index contributed by atoms with van der Waals surface area (Å²) in [5.41, 5.74) is 18.0. The first-order valence-corrected chi connectivity index (χ1v) is 20.6. The highest BCUT2D eigenvalue weighted by Crippen LogP contribution is 2.28. The summed E-state index contributed by atoms with van der Waals surface area (Å²) in [5.74, 6) is -2.27. The fraction of sp³-hybridized carbons (Fsp3) is 0.204. The summed E-state index contributed by atoms with van der Waals surface area (Å²) in [6.45, 7) is 10.5. The maximum atomic E-state index is 11.4. The van der Waals surface area contributed by atoms with Crippen molar-refractivity contribution in [3.63, 3.8) is 0 Å². The van der Waals surface area contributed by atoms with Gasteiger partial charge in [0, 0.05) is 12.1 Å². The average molecular weight is 847 g/mol. The third-order valence-corrected chi connectivity index (χ3v) is 10.9. The monoisotopic (exact) mass is 846 g/mol. The van der Waals surface area contributed by atoms with Gasteiger partial charge in [-0.3, -0.25) is 19.7 Å².